The van der Waals surface area contributed by atoms with E-state index in [9.17, 15) is 9.18 Å². The molecule has 1 aliphatic heterocycles. The third kappa shape index (κ3) is 3.06. The van der Waals surface area contributed by atoms with Crippen LogP contribution in [0.5, 0.6) is 0 Å². The molecule has 8 heteroatoms. The van der Waals surface area contributed by atoms with E-state index in [1.54, 1.807) is 12.1 Å². The molecular weight excluding hydrogens is 371 g/mol. The van der Waals surface area contributed by atoms with Gasteiger partial charge in [0.25, 0.3) is 6.02 Å². The van der Waals surface area contributed by atoms with Gasteiger partial charge in [-0.25, -0.2) is 19.4 Å². The largest absolute Gasteiger partial charge is 0.465 e. The Bertz CT molecular complexity index is 943. The molecule has 1 spiro atoms. The number of amidine groups is 1. The maximum absolute atomic E-state index is 14.7. The van der Waals surface area contributed by atoms with Crippen LogP contribution < -0.4 is 5.73 Å². The van der Waals surface area contributed by atoms with Gasteiger partial charge in [-0.05, 0) is 37.5 Å². The Hall–Kier alpha value is -2.54. The summed E-state index contributed by atoms with van der Waals surface area (Å²) in [7, 11) is 0. The van der Waals surface area contributed by atoms with Crippen molar-refractivity contribution in [1.29, 1.82) is 0 Å². The number of aromatic nitrogens is 2. The number of hydrogen-bond donors (Lipinski definition) is 1. The van der Waals surface area contributed by atoms with Crippen molar-refractivity contribution >= 4 is 23.4 Å². The second kappa shape index (κ2) is 6.27. The zero-order valence-corrected chi connectivity index (χ0v) is 15.5. The molecule has 2 aromatic rings. The van der Waals surface area contributed by atoms with E-state index in [0.29, 0.717) is 22.8 Å². The van der Waals surface area contributed by atoms with Crippen LogP contribution in [0.1, 0.15) is 41.5 Å². The van der Waals surface area contributed by atoms with Crippen molar-refractivity contribution in [2.24, 2.45) is 16.1 Å². The van der Waals surface area contributed by atoms with Gasteiger partial charge in [0.05, 0.1) is 17.2 Å². The van der Waals surface area contributed by atoms with Crippen LogP contribution in [0.15, 0.2) is 35.6 Å². The smallest absolute Gasteiger partial charge is 0.282 e. The number of rotatable bonds is 4. The number of nitrogens with two attached hydrogens (primary N) is 1. The Morgan fingerprint density at radius 1 is 1.33 bits per heavy atom. The average molecular weight is 389 g/mol. The summed E-state index contributed by atoms with van der Waals surface area (Å²) in [5.41, 5.74) is 5.79. The molecule has 0 amide bonds. The van der Waals surface area contributed by atoms with Crippen molar-refractivity contribution < 1.29 is 13.9 Å². The zero-order chi connectivity index (χ0) is 19.2. The van der Waals surface area contributed by atoms with E-state index in [0.717, 1.165) is 12.8 Å². The number of carbonyl (C=O) groups excluding carboxylic acids is 1. The van der Waals surface area contributed by atoms with Gasteiger partial charge in [0.2, 0.25) is 5.78 Å². The molecule has 0 saturated heterocycles. The van der Waals surface area contributed by atoms with Crippen LogP contribution in [0.4, 0.5) is 4.39 Å². The van der Waals surface area contributed by atoms with Crippen LogP contribution in [-0.4, -0.2) is 28.4 Å². The van der Waals surface area contributed by atoms with Gasteiger partial charge in [-0.2, -0.15) is 0 Å². The summed E-state index contributed by atoms with van der Waals surface area (Å²) in [4.78, 5) is 24.8. The van der Waals surface area contributed by atoms with E-state index in [4.69, 9.17) is 22.1 Å². The predicted molar refractivity (Wildman–Crippen MR) is 98.1 cm³/mol. The first-order valence-electron chi connectivity index (χ1n) is 8.61. The lowest BCUT2D eigenvalue weighted by molar-refractivity contribution is 0.0982. The molecule has 140 valence electrons. The lowest BCUT2D eigenvalue weighted by Crippen LogP contribution is -2.43. The zero-order valence-electron chi connectivity index (χ0n) is 14.7. The highest BCUT2D eigenvalue weighted by molar-refractivity contribution is 6.30. The number of hydrogen-bond acceptors (Lipinski definition) is 6. The molecule has 0 unspecified atom stereocenters. The van der Waals surface area contributed by atoms with Gasteiger partial charge >= 0.3 is 0 Å². The number of ketones is 1. The van der Waals surface area contributed by atoms with Gasteiger partial charge in [0, 0.05) is 29.8 Å². The van der Waals surface area contributed by atoms with E-state index in [1.807, 2.05) is 6.92 Å². The van der Waals surface area contributed by atoms with Gasteiger partial charge in [0.1, 0.15) is 5.82 Å². The van der Waals surface area contributed by atoms with Crippen molar-refractivity contribution in [3.05, 3.63) is 58.4 Å². The lowest BCUT2D eigenvalue weighted by Gasteiger charge is -2.38. The van der Waals surface area contributed by atoms with E-state index in [-0.39, 0.29) is 35.3 Å². The summed E-state index contributed by atoms with van der Waals surface area (Å²) in [5.74, 6) is -0.574. The predicted octanol–water partition coefficient (Wildman–Crippen LogP) is 3.03. The second-order valence-corrected chi connectivity index (χ2v) is 7.67. The molecule has 2 aliphatic rings. The van der Waals surface area contributed by atoms with Gasteiger partial charge < -0.3 is 10.5 Å². The SMILES string of the molecule is C[C@]1(c2cc(CC(=O)c3ncc(Cl)cn3)ccc2F)N=C(N)OCC12CC2. The minimum Gasteiger partial charge on any atom is -0.465 e. The van der Waals surface area contributed by atoms with Crippen molar-refractivity contribution in [3.63, 3.8) is 0 Å². The Balaban J connectivity index is 1.67. The molecule has 4 rings (SSSR count). The summed E-state index contributed by atoms with van der Waals surface area (Å²) in [6, 6.07) is 4.70. The maximum atomic E-state index is 14.7. The number of halogens is 2. The number of aliphatic imine (C=N–C) groups is 1. The Labute approximate surface area is 160 Å². The van der Waals surface area contributed by atoms with Gasteiger partial charge in [-0.15, -0.1) is 0 Å². The molecule has 1 saturated carbocycles. The van der Waals surface area contributed by atoms with Crippen molar-refractivity contribution in [3.8, 4) is 0 Å². The highest BCUT2D eigenvalue weighted by Crippen LogP contribution is 2.62. The molecule has 27 heavy (non-hydrogen) atoms. The fraction of sp³-hybridized carbons (Fsp3) is 0.368. The van der Waals surface area contributed by atoms with Crippen molar-refractivity contribution in [2.45, 2.75) is 31.7 Å². The summed E-state index contributed by atoms with van der Waals surface area (Å²) >= 11 is 5.75. The van der Waals surface area contributed by atoms with E-state index in [1.165, 1.54) is 18.5 Å². The number of nitrogens with zero attached hydrogens (tertiary/aromatic N) is 3. The summed E-state index contributed by atoms with van der Waals surface area (Å²) in [6.07, 6.45) is 4.57. The van der Waals surface area contributed by atoms with Gasteiger partial charge in [-0.1, -0.05) is 17.7 Å². The number of ether oxygens (including phenoxy) is 1. The molecule has 1 fully saturated rings. The van der Waals surface area contributed by atoms with E-state index < -0.39 is 5.54 Å². The van der Waals surface area contributed by atoms with Crippen LogP contribution in [0, 0.1) is 11.2 Å². The molecule has 1 aliphatic carbocycles. The van der Waals surface area contributed by atoms with Crippen molar-refractivity contribution in [2.75, 3.05) is 6.61 Å². The monoisotopic (exact) mass is 388 g/mol. The standard InChI is InChI=1S/C19H18ClFN4O2/c1-18(19(4-5-19)10-27-17(22)25-18)13-6-11(2-3-14(13)21)7-15(26)16-23-8-12(20)9-24-16/h2-3,6,8-9H,4-5,7,10H2,1H3,(H2,22,25)/t18-/m1/s1. The van der Waals surface area contributed by atoms with Crippen LogP contribution in [0.25, 0.3) is 0 Å². The van der Waals surface area contributed by atoms with Crippen LogP contribution in [0.3, 0.4) is 0 Å². The van der Waals surface area contributed by atoms with Crippen LogP contribution in [-0.2, 0) is 16.7 Å². The minimum absolute atomic E-state index is 0.0493. The molecule has 6 nitrogen and oxygen atoms in total. The van der Waals surface area contributed by atoms with Crippen molar-refractivity contribution in [1.82, 2.24) is 9.97 Å². The highest BCUT2D eigenvalue weighted by Gasteiger charge is 2.61. The number of carbonyl (C=O) groups is 1. The Morgan fingerprint density at radius 2 is 2.04 bits per heavy atom. The maximum Gasteiger partial charge on any atom is 0.282 e. The summed E-state index contributed by atoms with van der Waals surface area (Å²) < 4.78 is 20.1. The molecule has 0 bridgehead atoms. The highest BCUT2D eigenvalue weighted by atomic mass is 35.5. The summed E-state index contributed by atoms with van der Waals surface area (Å²) in [5, 5.41) is 0.355. The normalized spacial score (nSPS) is 22.9. The lowest BCUT2D eigenvalue weighted by atomic mass is 9.76. The fourth-order valence-corrected chi connectivity index (χ4v) is 3.73. The molecule has 1 atom stereocenters. The number of benzene rings is 1. The third-order valence-electron chi connectivity index (χ3n) is 5.51. The van der Waals surface area contributed by atoms with Crippen LogP contribution in [0.2, 0.25) is 5.02 Å². The Kier molecular flexibility index (Phi) is 4.14. The van der Waals surface area contributed by atoms with Gasteiger partial charge in [-0.3, -0.25) is 4.79 Å². The average Bonchev–Trinajstić information content (AvgIpc) is 3.42. The number of Topliss-reactive ketones (excluding diaryl/α,β-unsaturated/α-hetero) is 1. The minimum atomic E-state index is -0.824. The van der Waals surface area contributed by atoms with Gasteiger partial charge in [0.15, 0.2) is 5.82 Å². The second-order valence-electron chi connectivity index (χ2n) is 7.23. The van der Waals surface area contributed by atoms with E-state index in [2.05, 4.69) is 15.0 Å². The Morgan fingerprint density at radius 3 is 2.70 bits per heavy atom. The molecule has 0 radical (unpaired) electrons. The summed E-state index contributed by atoms with van der Waals surface area (Å²) in [6.45, 7) is 2.29. The quantitative estimate of drug-likeness (QED) is 0.813. The molecule has 2 heterocycles. The molecule has 1 aromatic heterocycles. The van der Waals surface area contributed by atoms with E-state index >= 15 is 0 Å². The first-order chi connectivity index (χ1) is 12.8. The molecule has 2 N–H and O–H groups in total. The first-order valence-corrected chi connectivity index (χ1v) is 8.99. The molecular formula is C19H18ClFN4O2. The third-order valence-corrected chi connectivity index (χ3v) is 5.70. The van der Waals surface area contributed by atoms with Crippen LogP contribution >= 0.6 is 11.6 Å². The molecule has 1 aromatic carbocycles. The topological polar surface area (TPSA) is 90.5 Å². The first kappa shape index (κ1) is 17.9. The fourth-order valence-electron chi connectivity index (χ4n) is 3.63.